The van der Waals surface area contributed by atoms with Crippen molar-refractivity contribution in [2.45, 2.75) is 68.0 Å². The van der Waals surface area contributed by atoms with Crippen LogP contribution in [-0.4, -0.2) is 115 Å². The molecule has 176 valence electrons. The van der Waals surface area contributed by atoms with Crippen molar-refractivity contribution in [3.05, 3.63) is 29.8 Å². The maximum absolute atomic E-state index is 10.2. The van der Waals surface area contributed by atoms with E-state index in [1.165, 1.54) is 12.1 Å². The second-order valence-corrected chi connectivity index (χ2v) is 7.52. The second kappa shape index (κ2) is 10.5. The lowest BCUT2D eigenvalue weighted by atomic mass is 9.98. The van der Waals surface area contributed by atoms with Crippen molar-refractivity contribution in [2.24, 2.45) is 0 Å². The van der Waals surface area contributed by atoms with E-state index in [1.54, 1.807) is 12.1 Å². The predicted octanol–water partition coefficient (Wildman–Crippen LogP) is -3.47. The van der Waals surface area contributed by atoms with E-state index >= 15 is 0 Å². The van der Waals surface area contributed by atoms with Crippen molar-refractivity contribution in [2.75, 3.05) is 13.2 Å². The van der Waals surface area contributed by atoms with Gasteiger partial charge < -0.3 is 59.8 Å². The monoisotopic (exact) mass is 448 g/mol. The van der Waals surface area contributed by atoms with Gasteiger partial charge in [-0.25, -0.2) is 0 Å². The van der Waals surface area contributed by atoms with Crippen molar-refractivity contribution >= 4 is 0 Å². The summed E-state index contributed by atoms with van der Waals surface area (Å²) in [5.41, 5.74) is 0.656. The topological polar surface area (TPSA) is 199 Å². The first-order valence-electron chi connectivity index (χ1n) is 9.74. The van der Waals surface area contributed by atoms with E-state index in [4.69, 9.17) is 18.9 Å². The summed E-state index contributed by atoms with van der Waals surface area (Å²) < 4.78 is 21.5. The molecule has 31 heavy (non-hydrogen) atoms. The maximum Gasteiger partial charge on any atom is 0.187 e. The van der Waals surface area contributed by atoms with Gasteiger partial charge in [0.25, 0.3) is 0 Å². The van der Waals surface area contributed by atoms with E-state index < -0.39 is 74.6 Å². The Labute approximate surface area is 177 Å². The third-order valence-electron chi connectivity index (χ3n) is 5.29. The summed E-state index contributed by atoms with van der Waals surface area (Å²) in [7, 11) is 0. The fraction of sp³-hybridized carbons (Fsp3) is 0.684. The number of phenolic OH excluding ortho intramolecular Hbond substituents is 1. The first-order valence-corrected chi connectivity index (χ1v) is 9.74. The quantitative estimate of drug-likeness (QED) is 0.205. The summed E-state index contributed by atoms with van der Waals surface area (Å²) in [5, 5.41) is 78.6. The lowest BCUT2D eigenvalue weighted by Crippen LogP contribution is -2.61. The van der Waals surface area contributed by atoms with Crippen molar-refractivity contribution in [1.29, 1.82) is 0 Å². The Morgan fingerprint density at radius 1 is 0.677 bits per heavy atom. The van der Waals surface area contributed by atoms with Crippen molar-refractivity contribution in [3.8, 4) is 5.75 Å². The van der Waals surface area contributed by atoms with Gasteiger partial charge in [-0.1, -0.05) is 12.1 Å². The highest BCUT2D eigenvalue weighted by Crippen LogP contribution is 2.26. The summed E-state index contributed by atoms with van der Waals surface area (Å²) in [5.74, 6) is 0.0710. The Bertz CT molecular complexity index is 685. The van der Waals surface area contributed by atoms with Crippen LogP contribution >= 0.6 is 0 Å². The molecule has 0 saturated carbocycles. The van der Waals surface area contributed by atoms with Crippen LogP contribution in [0.15, 0.2) is 24.3 Å². The molecule has 2 fully saturated rings. The van der Waals surface area contributed by atoms with Gasteiger partial charge in [0.15, 0.2) is 12.6 Å². The molecule has 1 aromatic rings. The minimum atomic E-state index is -1.64. The van der Waals surface area contributed by atoms with Crippen molar-refractivity contribution < 1.29 is 59.8 Å². The second-order valence-electron chi connectivity index (χ2n) is 7.52. The van der Waals surface area contributed by atoms with Gasteiger partial charge in [-0.05, 0) is 17.7 Å². The lowest BCUT2D eigenvalue weighted by Gasteiger charge is -2.42. The highest BCUT2D eigenvalue weighted by Gasteiger charge is 2.47. The average Bonchev–Trinajstić information content (AvgIpc) is 2.77. The van der Waals surface area contributed by atoms with E-state index in [-0.39, 0.29) is 12.4 Å². The average molecular weight is 448 g/mol. The predicted molar refractivity (Wildman–Crippen MR) is 99.3 cm³/mol. The summed E-state index contributed by atoms with van der Waals surface area (Å²) in [4.78, 5) is 0. The normalized spacial score (nSPS) is 41.3. The molecule has 1 aromatic carbocycles. The molecule has 0 amide bonds. The van der Waals surface area contributed by atoms with Crippen LogP contribution < -0.4 is 0 Å². The number of rotatable bonds is 7. The molecule has 2 aliphatic heterocycles. The highest BCUT2D eigenvalue weighted by atomic mass is 16.7. The number of aliphatic hydroxyl groups excluding tert-OH is 7. The first kappa shape index (κ1) is 24.2. The Kier molecular flexibility index (Phi) is 8.18. The molecule has 2 saturated heterocycles. The molecular weight excluding hydrogens is 420 g/mol. The third-order valence-corrected chi connectivity index (χ3v) is 5.29. The molecule has 0 spiro atoms. The third kappa shape index (κ3) is 5.50. The van der Waals surface area contributed by atoms with Crippen LogP contribution in [-0.2, 0) is 25.6 Å². The molecule has 0 radical (unpaired) electrons. The Morgan fingerprint density at radius 2 is 1.19 bits per heavy atom. The first-order chi connectivity index (χ1) is 14.7. The summed E-state index contributed by atoms with van der Waals surface area (Å²) >= 11 is 0. The highest BCUT2D eigenvalue weighted by molar-refractivity contribution is 5.25. The number of phenols is 1. The fourth-order valence-electron chi connectivity index (χ4n) is 3.36. The van der Waals surface area contributed by atoms with Gasteiger partial charge in [-0.2, -0.15) is 0 Å². The molecule has 8 N–H and O–H groups in total. The van der Waals surface area contributed by atoms with Gasteiger partial charge >= 0.3 is 0 Å². The van der Waals surface area contributed by atoms with E-state index in [2.05, 4.69) is 0 Å². The largest absolute Gasteiger partial charge is 0.508 e. The zero-order chi connectivity index (χ0) is 22.7. The molecule has 0 bridgehead atoms. The van der Waals surface area contributed by atoms with E-state index in [1.807, 2.05) is 0 Å². The SMILES string of the molecule is OC[C@H]1O[C@@H](OC[C@H]2O[C@@H](OCc3ccc(O)cc3)[C@H](O)[C@@H](O)[C@@H]2O)[C@H](O)[C@@H](O)[C@@H]1O. The van der Waals surface area contributed by atoms with Crippen molar-refractivity contribution in [3.63, 3.8) is 0 Å². The van der Waals surface area contributed by atoms with Crippen molar-refractivity contribution in [1.82, 2.24) is 0 Å². The van der Waals surface area contributed by atoms with E-state index in [0.29, 0.717) is 5.56 Å². The summed E-state index contributed by atoms with van der Waals surface area (Å²) in [6, 6.07) is 6.09. The van der Waals surface area contributed by atoms with Crippen LogP contribution in [0.1, 0.15) is 5.56 Å². The number of ether oxygens (including phenoxy) is 4. The summed E-state index contributed by atoms with van der Waals surface area (Å²) in [6.45, 7) is -1.09. The van der Waals surface area contributed by atoms with Crippen LogP contribution in [0.5, 0.6) is 5.75 Å². The number of hydrogen-bond acceptors (Lipinski definition) is 12. The standard InChI is InChI=1S/C19H28O12/c20-5-10-12(22)14(24)16(26)19(30-10)29-7-11-13(23)15(25)17(27)18(31-11)28-6-8-1-3-9(21)4-2-8/h1-4,10-27H,5-7H2/t10-,11-,12-,13-,14+,15+,16-,17-,18-,19-/m1/s1. The Morgan fingerprint density at radius 3 is 1.77 bits per heavy atom. The van der Waals surface area contributed by atoms with Gasteiger partial charge in [0.1, 0.15) is 54.6 Å². The Hall–Kier alpha value is -1.42. The number of aliphatic hydroxyl groups is 7. The molecule has 0 unspecified atom stereocenters. The zero-order valence-electron chi connectivity index (χ0n) is 16.4. The molecule has 3 rings (SSSR count). The molecule has 12 nitrogen and oxygen atoms in total. The van der Waals surface area contributed by atoms with Gasteiger partial charge in [0, 0.05) is 0 Å². The molecule has 0 aromatic heterocycles. The Balaban J connectivity index is 1.59. The van der Waals surface area contributed by atoms with Crippen LogP contribution in [0.3, 0.4) is 0 Å². The van der Waals surface area contributed by atoms with Crippen LogP contribution in [0.25, 0.3) is 0 Å². The fourth-order valence-corrected chi connectivity index (χ4v) is 3.36. The molecule has 2 heterocycles. The smallest absolute Gasteiger partial charge is 0.187 e. The minimum Gasteiger partial charge on any atom is -0.508 e. The molecule has 0 aliphatic carbocycles. The molecule has 10 atom stereocenters. The van der Waals surface area contributed by atoms with Crippen LogP contribution in [0.2, 0.25) is 0 Å². The van der Waals surface area contributed by atoms with E-state index in [9.17, 15) is 40.9 Å². The minimum absolute atomic E-state index is 0.0227. The van der Waals surface area contributed by atoms with E-state index in [0.717, 1.165) is 0 Å². The van der Waals surface area contributed by atoms with Gasteiger partial charge in [0.05, 0.1) is 19.8 Å². The van der Waals surface area contributed by atoms with Gasteiger partial charge in [-0.15, -0.1) is 0 Å². The molecular formula is C19H28O12. The van der Waals surface area contributed by atoms with Crippen LogP contribution in [0, 0.1) is 0 Å². The van der Waals surface area contributed by atoms with Crippen LogP contribution in [0.4, 0.5) is 0 Å². The zero-order valence-corrected chi connectivity index (χ0v) is 16.4. The summed E-state index contributed by atoms with van der Waals surface area (Å²) in [6.07, 6.45) is -14.7. The number of hydrogen-bond donors (Lipinski definition) is 8. The maximum atomic E-state index is 10.2. The number of benzene rings is 1. The molecule has 12 heteroatoms. The molecule has 2 aliphatic rings. The van der Waals surface area contributed by atoms with Gasteiger partial charge in [-0.3, -0.25) is 0 Å². The number of aromatic hydroxyl groups is 1. The van der Waals surface area contributed by atoms with Gasteiger partial charge in [0.2, 0.25) is 0 Å². The lowest BCUT2D eigenvalue weighted by molar-refractivity contribution is -0.332.